The number of nitrogens with one attached hydrogen (secondary N) is 1. The maximum Gasteiger partial charge on any atom is 0.338 e. The zero-order valence-corrected chi connectivity index (χ0v) is 19.0. The Kier molecular flexibility index (Phi) is 6.01. The summed E-state index contributed by atoms with van der Waals surface area (Å²) in [6.45, 7) is 6.08. The molecule has 0 fully saturated rings. The Labute approximate surface area is 191 Å². The van der Waals surface area contributed by atoms with Gasteiger partial charge in [-0.2, -0.15) is 5.26 Å². The number of imidazole rings is 1. The molecule has 0 amide bonds. The molecule has 7 nitrogen and oxygen atoms in total. The van der Waals surface area contributed by atoms with Crippen molar-refractivity contribution >= 4 is 28.7 Å². The van der Waals surface area contributed by atoms with Gasteiger partial charge in [-0.1, -0.05) is 6.07 Å². The zero-order chi connectivity index (χ0) is 23.5. The molecule has 1 N–H and O–H groups in total. The molecule has 33 heavy (non-hydrogen) atoms. The minimum atomic E-state index is -0.352. The first-order chi connectivity index (χ1) is 15.9. The fourth-order valence-corrected chi connectivity index (χ4v) is 3.87. The van der Waals surface area contributed by atoms with Gasteiger partial charge < -0.3 is 19.0 Å². The highest BCUT2D eigenvalue weighted by Crippen LogP contribution is 2.27. The van der Waals surface area contributed by atoms with E-state index in [2.05, 4.69) is 16.0 Å². The molecule has 166 valence electrons. The van der Waals surface area contributed by atoms with E-state index in [0.29, 0.717) is 29.3 Å². The highest BCUT2D eigenvalue weighted by molar-refractivity contribution is 5.91. The number of nitrogens with zero attached hydrogens (tertiary/aromatic N) is 3. The molecule has 0 aliphatic rings. The Morgan fingerprint density at radius 3 is 2.76 bits per heavy atom. The fraction of sp³-hybridized carbons (Fsp3) is 0.192. The van der Waals surface area contributed by atoms with Crippen molar-refractivity contribution in [3.63, 3.8) is 0 Å². The summed E-state index contributed by atoms with van der Waals surface area (Å²) in [5.41, 5.74) is 6.14. The number of aromatic amines is 1. The average Bonchev–Trinajstić information content (AvgIpc) is 3.36. The van der Waals surface area contributed by atoms with Crippen molar-refractivity contribution in [3.8, 4) is 17.5 Å². The fourth-order valence-electron chi connectivity index (χ4n) is 3.87. The standard InChI is InChI=1S/C26H24N4O3/c1-5-33-26(31)18-7-6-8-21(13-18)30-16(2)11-19(17(30)3)12-20(15-27)25-28-23-10-9-22(32-4)14-24(23)29-25/h6-14H,5H2,1-4H3,(H,28,29)/b20-12-. The van der Waals surface area contributed by atoms with Crippen LogP contribution in [0.5, 0.6) is 5.75 Å². The number of hydrogen-bond acceptors (Lipinski definition) is 5. The molecular weight excluding hydrogens is 416 g/mol. The number of ether oxygens (including phenoxy) is 2. The lowest BCUT2D eigenvalue weighted by atomic mass is 10.1. The minimum absolute atomic E-state index is 0.324. The van der Waals surface area contributed by atoms with Gasteiger partial charge in [-0.3, -0.25) is 0 Å². The van der Waals surface area contributed by atoms with Crippen molar-refractivity contribution in [1.82, 2.24) is 14.5 Å². The van der Waals surface area contributed by atoms with Gasteiger partial charge in [0.05, 0.1) is 35.9 Å². The summed E-state index contributed by atoms with van der Waals surface area (Å²) in [5.74, 6) is 0.860. The van der Waals surface area contributed by atoms with Crippen molar-refractivity contribution in [2.75, 3.05) is 13.7 Å². The van der Waals surface area contributed by atoms with Crippen LogP contribution >= 0.6 is 0 Å². The van der Waals surface area contributed by atoms with Crippen LogP contribution in [0.1, 0.15) is 40.1 Å². The molecule has 2 aromatic carbocycles. The van der Waals surface area contributed by atoms with Crippen molar-refractivity contribution < 1.29 is 14.3 Å². The highest BCUT2D eigenvalue weighted by atomic mass is 16.5. The number of hydrogen-bond donors (Lipinski definition) is 1. The molecule has 7 heteroatoms. The Morgan fingerprint density at radius 1 is 1.21 bits per heavy atom. The van der Waals surface area contributed by atoms with Crippen molar-refractivity contribution in [2.24, 2.45) is 0 Å². The van der Waals surface area contributed by atoms with Crippen molar-refractivity contribution in [1.29, 1.82) is 5.26 Å². The number of nitriles is 1. The maximum atomic E-state index is 12.2. The largest absolute Gasteiger partial charge is 0.497 e. The summed E-state index contributed by atoms with van der Waals surface area (Å²) >= 11 is 0. The summed E-state index contributed by atoms with van der Waals surface area (Å²) in [6.07, 6.45) is 1.82. The van der Waals surface area contributed by atoms with E-state index in [1.165, 1.54) is 0 Å². The predicted octanol–water partition coefficient (Wildman–Crippen LogP) is 5.22. The molecule has 0 saturated carbocycles. The van der Waals surface area contributed by atoms with E-state index in [-0.39, 0.29) is 5.97 Å². The van der Waals surface area contributed by atoms with E-state index in [4.69, 9.17) is 9.47 Å². The number of H-pyrrole nitrogens is 1. The average molecular weight is 441 g/mol. The van der Waals surface area contributed by atoms with Crippen molar-refractivity contribution in [2.45, 2.75) is 20.8 Å². The van der Waals surface area contributed by atoms with Gasteiger partial charge in [0.2, 0.25) is 0 Å². The summed E-state index contributed by atoms with van der Waals surface area (Å²) in [7, 11) is 1.61. The van der Waals surface area contributed by atoms with E-state index >= 15 is 0 Å². The van der Waals surface area contributed by atoms with Crippen LogP contribution in [0.4, 0.5) is 0 Å². The van der Waals surface area contributed by atoms with Gasteiger partial charge in [-0.15, -0.1) is 0 Å². The lowest BCUT2D eigenvalue weighted by Crippen LogP contribution is -2.06. The molecule has 0 radical (unpaired) electrons. The molecule has 2 heterocycles. The molecule has 4 rings (SSSR count). The van der Waals surface area contributed by atoms with Crippen LogP contribution in [0.25, 0.3) is 28.4 Å². The molecule has 0 saturated heterocycles. The molecule has 4 aromatic rings. The lowest BCUT2D eigenvalue weighted by molar-refractivity contribution is 0.0526. The van der Waals surface area contributed by atoms with Gasteiger partial charge in [-0.05, 0) is 68.8 Å². The van der Waals surface area contributed by atoms with Crippen LogP contribution < -0.4 is 4.74 Å². The van der Waals surface area contributed by atoms with E-state index < -0.39 is 0 Å². The summed E-state index contributed by atoms with van der Waals surface area (Å²) < 4.78 is 12.4. The second kappa shape index (κ2) is 9.05. The van der Waals surface area contributed by atoms with Crippen LogP contribution in [-0.2, 0) is 4.74 Å². The van der Waals surface area contributed by atoms with Crippen LogP contribution in [0.15, 0.2) is 48.5 Å². The summed E-state index contributed by atoms with van der Waals surface area (Å²) in [5, 5.41) is 9.84. The number of benzene rings is 2. The summed E-state index contributed by atoms with van der Waals surface area (Å²) in [6, 6.07) is 17.1. The smallest absolute Gasteiger partial charge is 0.338 e. The Hall–Kier alpha value is -4.31. The summed E-state index contributed by atoms with van der Waals surface area (Å²) in [4.78, 5) is 19.9. The molecule has 0 aliphatic heterocycles. The lowest BCUT2D eigenvalue weighted by Gasteiger charge is -2.11. The monoisotopic (exact) mass is 440 g/mol. The van der Waals surface area contributed by atoms with Gasteiger partial charge >= 0.3 is 5.97 Å². The minimum Gasteiger partial charge on any atom is -0.497 e. The quantitative estimate of drug-likeness (QED) is 0.328. The van der Waals surface area contributed by atoms with Gasteiger partial charge in [-0.25, -0.2) is 9.78 Å². The molecule has 2 aromatic heterocycles. The number of carbonyl (C=O) groups excluding carboxylic acids is 1. The van der Waals surface area contributed by atoms with Gasteiger partial charge in [0, 0.05) is 23.1 Å². The van der Waals surface area contributed by atoms with Crippen LogP contribution in [0.3, 0.4) is 0 Å². The van der Waals surface area contributed by atoms with Crippen LogP contribution in [-0.4, -0.2) is 34.2 Å². The van der Waals surface area contributed by atoms with Gasteiger partial charge in [0.25, 0.3) is 0 Å². The number of rotatable bonds is 6. The number of carbonyl (C=O) groups is 1. The topological polar surface area (TPSA) is 92.9 Å². The third-order valence-corrected chi connectivity index (χ3v) is 5.45. The SMILES string of the molecule is CCOC(=O)c1cccc(-n2c(C)cc(/C=C(/C#N)c3nc4ccc(OC)cc4[nH]3)c2C)c1. The van der Waals surface area contributed by atoms with Gasteiger partial charge in [0.15, 0.2) is 0 Å². The molecule has 0 unspecified atom stereocenters. The maximum absolute atomic E-state index is 12.2. The Morgan fingerprint density at radius 2 is 2.03 bits per heavy atom. The van der Waals surface area contributed by atoms with E-state index in [1.54, 1.807) is 20.1 Å². The van der Waals surface area contributed by atoms with Crippen LogP contribution in [0.2, 0.25) is 0 Å². The molecule has 0 bridgehead atoms. The molecule has 0 spiro atoms. The third-order valence-electron chi connectivity index (χ3n) is 5.45. The Balaban J connectivity index is 1.74. The first-order valence-corrected chi connectivity index (χ1v) is 10.6. The first kappa shape index (κ1) is 21.9. The number of aromatic nitrogens is 3. The van der Waals surface area contributed by atoms with E-state index in [1.807, 2.05) is 67.0 Å². The second-order valence-corrected chi connectivity index (χ2v) is 7.57. The van der Waals surface area contributed by atoms with E-state index in [0.717, 1.165) is 33.7 Å². The molecular formula is C26H24N4O3. The number of aryl methyl sites for hydroxylation is 1. The normalized spacial score (nSPS) is 11.4. The predicted molar refractivity (Wildman–Crippen MR) is 127 cm³/mol. The zero-order valence-electron chi connectivity index (χ0n) is 19.0. The third kappa shape index (κ3) is 4.23. The Bertz CT molecular complexity index is 1420. The van der Waals surface area contributed by atoms with Crippen LogP contribution in [0, 0.1) is 25.2 Å². The number of allylic oxidation sites excluding steroid dienone is 1. The second-order valence-electron chi connectivity index (χ2n) is 7.57. The molecule has 0 aliphatic carbocycles. The van der Waals surface area contributed by atoms with Crippen molar-refractivity contribution in [3.05, 3.63) is 76.9 Å². The first-order valence-electron chi connectivity index (χ1n) is 10.6. The number of esters is 1. The van der Waals surface area contributed by atoms with Gasteiger partial charge in [0.1, 0.15) is 17.6 Å². The van der Waals surface area contributed by atoms with E-state index in [9.17, 15) is 10.1 Å². The highest BCUT2D eigenvalue weighted by Gasteiger charge is 2.15. The molecule has 0 atom stereocenters. The number of fused-ring (bicyclic) bond motifs is 1. The number of methoxy groups -OCH3 is 1.